The van der Waals surface area contributed by atoms with E-state index in [0.717, 1.165) is 5.56 Å². The quantitative estimate of drug-likeness (QED) is 0.407. The molecule has 0 saturated carbocycles. The summed E-state index contributed by atoms with van der Waals surface area (Å²) in [5.41, 5.74) is 3.30. The third-order valence-electron chi connectivity index (χ3n) is 5.83. The van der Waals surface area contributed by atoms with Gasteiger partial charge in [0.05, 0.1) is 10.6 Å². The van der Waals surface area contributed by atoms with Crippen LogP contribution in [0.15, 0.2) is 85.0 Å². The SMILES string of the molecule is CC1=CC(=O)C(C(C)C)=C/C1=N/OC1=C(C)/C(=N/S(=O)(=O)c2ccc(C)cc2)C=C(C(C)C)C1=O. The lowest BCUT2D eigenvalue weighted by Crippen LogP contribution is -2.23. The molecule has 0 aliphatic heterocycles. The summed E-state index contributed by atoms with van der Waals surface area (Å²) in [6.45, 7) is 12.7. The first-order valence-corrected chi connectivity index (χ1v) is 12.8. The average Bonchev–Trinajstić information content (AvgIpc) is 2.76. The van der Waals surface area contributed by atoms with Crippen LogP contribution >= 0.6 is 0 Å². The summed E-state index contributed by atoms with van der Waals surface area (Å²) >= 11 is 0. The van der Waals surface area contributed by atoms with Gasteiger partial charge in [0.25, 0.3) is 10.0 Å². The van der Waals surface area contributed by atoms with Crippen LogP contribution in [0.4, 0.5) is 0 Å². The predicted octanol–water partition coefficient (Wildman–Crippen LogP) is 5.05. The Balaban J connectivity index is 2.07. The highest BCUT2D eigenvalue weighted by molar-refractivity contribution is 7.90. The number of hydrogen-bond acceptors (Lipinski definition) is 6. The van der Waals surface area contributed by atoms with E-state index in [9.17, 15) is 18.0 Å². The monoisotopic (exact) mass is 494 g/mol. The van der Waals surface area contributed by atoms with E-state index in [-0.39, 0.29) is 45.3 Å². The molecular weight excluding hydrogens is 464 g/mol. The van der Waals surface area contributed by atoms with Crippen LogP contribution in [0.2, 0.25) is 0 Å². The van der Waals surface area contributed by atoms with Crippen molar-refractivity contribution in [2.45, 2.75) is 53.4 Å². The molecule has 8 heteroatoms. The van der Waals surface area contributed by atoms with Crippen LogP contribution < -0.4 is 0 Å². The second kappa shape index (κ2) is 10.1. The lowest BCUT2D eigenvalue weighted by molar-refractivity contribution is -0.116. The first kappa shape index (κ1) is 26.2. The molecule has 7 nitrogen and oxygen atoms in total. The Hall–Kier alpha value is -3.39. The van der Waals surface area contributed by atoms with E-state index in [1.807, 2.05) is 34.6 Å². The standard InChI is InChI=1S/C27H30N2O5S/c1-15(2)21-13-23(18(6)12-25(21)30)28-34-27-19(7)24(14-22(16(3)4)26(27)31)29-35(32,33)20-10-8-17(5)9-11-20/h8-16H,1-7H3/b28-23-,29-24+. The molecule has 0 fully saturated rings. The van der Waals surface area contributed by atoms with Crippen LogP contribution in [0.25, 0.3) is 0 Å². The molecule has 1 aromatic carbocycles. The Morgan fingerprint density at radius 1 is 0.800 bits per heavy atom. The highest BCUT2D eigenvalue weighted by Crippen LogP contribution is 2.28. The Morgan fingerprint density at radius 2 is 1.37 bits per heavy atom. The average molecular weight is 495 g/mol. The van der Waals surface area contributed by atoms with Crippen LogP contribution in [0.1, 0.15) is 47.1 Å². The molecule has 184 valence electrons. The Kier molecular flexibility index (Phi) is 7.55. The van der Waals surface area contributed by atoms with E-state index < -0.39 is 10.0 Å². The van der Waals surface area contributed by atoms with E-state index in [2.05, 4.69) is 9.55 Å². The summed E-state index contributed by atoms with van der Waals surface area (Å²) in [7, 11) is -4.02. The number of oxime groups is 1. The molecule has 0 spiro atoms. The van der Waals surface area contributed by atoms with Gasteiger partial charge in [-0.05, 0) is 68.5 Å². The predicted molar refractivity (Wildman–Crippen MR) is 137 cm³/mol. The molecule has 1 aromatic rings. The summed E-state index contributed by atoms with van der Waals surface area (Å²) in [4.78, 5) is 31.1. The number of allylic oxidation sites excluding steroid dienone is 7. The lowest BCUT2D eigenvalue weighted by Gasteiger charge is -2.20. The van der Waals surface area contributed by atoms with Gasteiger partial charge in [0.15, 0.2) is 5.78 Å². The Bertz CT molecular complexity index is 1370. The van der Waals surface area contributed by atoms with Crippen molar-refractivity contribution in [2.24, 2.45) is 21.4 Å². The summed E-state index contributed by atoms with van der Waals surface area (Å²) in [6.07, 6.45) is 4.64. The van der Waals surface area contributed by atoms with Crippen molar-refractivity contribution in [1.82, 2.24) is 0 Å². The maximum Gasteiger partial charge on any atom is 0.282 e. The molecule has 0 amide bonds. The largest absolute Gasteiger partial charge is 0.352 e. The number of aryl methyl sites for hydroxylation is 1. The number of ketones is 2. The summed E-state index contributed by atoms with van der Waals surface area (Å²) in [6, 6.07) is 6.39. The van der Waals surface area contributed by atoms with Gasteiger partial charge < -0.3 is 4.84 Å². The highest BCUT2D eigenvalue weighted by Gasteiger charge is 2.30. The van der Waals surface area contributed by atoms with Gasteiger partial charge in [-0.15, -0.1) is 0 Å². The van der Waals surface area contributed by atoms with Gasteiger partial charge in [-0.25, -0.2) is 0 Å². The molecule has 3 rings (SSSR count). The second-order valence-electron chi connectivity index (χ2n) is 9.32. The third kappa shape index (κ3) is 5.65. The van der Waals surface area contributed by atoms with Crippen molar-refractivity contribution in [3.63, 3.8) is 0 Å². The molecule has 0 N–H and O–H groups in total. The van der Waals surface area contributed by atoms with Gasteiger partial charge in [-0.3, -0.25) is 9.59 Å². The summed E-state index contributed by atoms with van der Waals surface area (Å²) in [5, 5.41) is 4.16. The van der Waals surface area contributed by atoms with Crippen LogP contribution in [0.5, 0.6) is 0 Å². The van der Waals surface area contributed by atoms with E-state index in [1.165, 1.54) is 24.3 Å². The summed E-state index contributed by atoms with van der Waals surface area (Å²) in [5.74, 6) is -0.756. The fourth-order valence-electron chi connectivity index (χ4n) is 3.60. The molecule has 2 aliphatic rings. The van der Waals surface area contributed by atoms with Crippen LogP contribution in [0.3, 0.4) is 0 Å². The van der Waals surface area contributed by atoms with E-state index in [1.54, 1.807) is 32.1 Å². The van der Waals surface area contributed by atoms with Gasteiger partial charge in [0, 0.05) is 16.7 Å². The number of sulfonamides is 1. The molecule has 35 heavy (non-hydrogen) atoms. The van der Waals surface area contributed by atoms with Gasteiger partial charge >= 0.3 is 0 Å². The number of carbonyl (C=O) groups is 2. The minimum atomic E-state index is -4.02. The third-order valence-corrected chi connectivity index (χ3v) is 7.14. The molecule has 0 radical (unpaired) electrons. The van der Waals surface area contributed by atoms with Gasteiger partial charge in [-0.1, -0.05) is 50.5 Å². The maximum atomic E-state index is 13.2. The summed E-state index contributed by atoms with van der Waals surface area (Å²) < 4.78 is 29.9. The minimum absolute atomic E-state index is 0.00416. The zero-order chi connectivity index (χ0) is 26.1. The van der Waals surface area contributed by atoms with Crippen molar-refractivity contribution < 1.29 is 22.8 Å². The lowest BCUT2D eigenvalue weighted by atomic mass is 9.89. The number of hydrogen-bond donors (Lipinski definition) is 0. The number of benzene rings is 1. The molecule has 2 aliphatic carbocycles. The normalized spacial score (nSPS) is 19.5. The topological polar surface area (TPSA) is 102 Å². The Morgan fingerprint density at radius 3 is 1.94 bits per heavy atom. The fourth-order valence-corrected chi connectivity index (χ4v) is 4.63. The van der Waals surface area contributed by atoms with E-state index >= 15 is 0 Å². The molecule has 0 atom stereocenters. The molecule has 0 saturated heterocycles. The zero-order valence-electron chi connectivity index (χ0n) is 21.0. The van der Waals surface area contributed by atoms with Crippen LogP contribution in [-0.4, -0.2) is 31.4 Å². The second-order valence-corrected chi connectivity index (χ2v) is 10.9. The number of nitrogens with zero attached hydrogens (tertiary/aromatic N) is 2. The first-order chi connectivity index (χ1) is 16.3. The van der Waals surface area contributed by atoms with E-state index in [4.69, 9.17) is 4.84 Å². The zero-order valence-corrected chi connectivity index (χ0v) is 21.9. The fraction of sp³-hybridized carbons (Fsp3) is 0.333. The molecular formula is C27H30N2O5S. The number of Topliss-reactive ketones (excluding diaryl/α,β-unsaturated/α-hetero) is 1. The minimum Gasteiger partial charge on any atom is -0.352 e. The van der Waals surface area contributed by atoms with Crippen molar-refractivity contribution in [2.75, 3.05) is 0 Å². The van der Waals surface area contributed by atoms with Gasteiger partial charge in [0.2, 0.25) is 11.5 Å². The van der Waals surface area contributed by atoms with Crippen molar-refractivity contribution in [3.8, 4) is 0 Å². The number of rotatable bonds is 6. The van der Waals surface area contributed by atoms with Gasteiger partial charge in [-0.2, -0.15) is 12.8 Å². The smallest absolute Gasteiger partial charge is 0.282 e. The van der Waals surface area contributed by atoms with Crippen LogP contribution in [-0.2, 0) is 24.4 Å². The van der Waals surface area contributed by atoms with E-state index in [0.29, 0.717) is 22.4 Å². The molecule has 0 aromatic heterocycles. The molecule has 0 bridgehead atoms. The van der Waals surface area contributed by atoms with Crippen LogP contribution in [0, 0.1) is 18.8 Å². The maximum absolute atomic E-state index is 13.2. The van der Waals surface area contributed by atoms with Crippen molar-refractivity contribution in [3.05, 3.63) is 76.1 Å². The van der Waals surface area contributed by atoms with Crippen molar-refractivity contribution in [1.29, 1.82) is 0 Å². The number of carbonyl (C=O) groups excluding carboxylic acids is 2. The van der Waals surface area contributed by atoms with Crippen molar-refractivity contribution >= 4 is 33.0 Å². The molecule has 0 heterocycles. The highest BCUT2D eigenvalue weighted by atomic mass is 32.2. The Labute approximate surface area is 206 Å². The first-order valence-electron chi connectivity index (χ1n) is 11.4. The molecule has 0 unspecified atom stereocenters. The van der Waals surface area contributed by atoms with Gasteiger partial charge in [0.1, 0.15) is 5.71 Å².